The molecule has 1 aliphatic heterocycles. The zero-order valence-electron chi connectivity index (χ0n) is 9.07. The molecule has 0 aliphatic carbocycles. The fourth-order valence-electron chi connectivity index (χ4n) is 1.78. The number of amides is 1. The second-order valence-corrected chi connectivity index (χ2v) is 4.51. The molecule has 2 atom stereocenters. The maximum Gasteiger partial charge on any atom is 0.238 e. The van der Waals surface area contributed by atoms with Gasteiger partial charge in [0.2, 0.25) is 5.91 Å². The van der Waals surface area contributed by atoms with Crippen molar-refractivity contribution in [2.45, 2.75) is 24.8 Å². The van der Waals surface area contributed by atoms with Crippen molar-refractivity contribution >= 4 is 17.5 Å². The van der Waals surface area contributed by atoms with Crippen molar-refractivity contribution < 1.29 is 9.53 Å². The van der Waals surface area contributed by atoms with Crippen molar-refractivity contribution in [3.05, 3.63) is 29.8 Å². The molecule has 0 bridgehead atoms. The monoisotopic (exact) mass is 239 g/mol. The summed E-state index contributed by atoms with van der Waals surface area (Å²) in [5, 5.41) is 2.42. The molecule has 1 amide bonds. The van der Waals surface area contributed by atoms with Crippen LogP contribution in [0.25, 0.3) is 0 Å². The lowest BCUT2D eigenvalue weighted by atomic mass is 10.0. The Morgan fingerprint density at radius 2 is 2.31 bits per heavy atom. The summed E-state index contributed by atoms with van der Waals surface area (Å²) in [5.41, 5.74) is 1.03. The first-order chi connectivity index (χ1) is 7.68. The van der Waals surface area contributed by atoms with E-state index in [0.717, 1.165) is 17.7 Å². The second kappa shape index (κ2) is 4.74. The minimum atomic E-state index is -0.505. The lowest BCUT2D eigenvalue weighted by Gasteiger charge is -2.26. The van der Waals surface area contributed by atoms with Gasteiger partial charge in [-0.2, -0.15) is 0 Å². The third-order valence-corrected chi connectivity index (χ3v) is 2.83. The average molecular weight is 240 g/mol. The van der Waals surface area contributed by atoms with E-state index < -0.39 is 5.38 Å². The van der Waals surface area contributed by atoms with E-state index in [2.05, 4.69) is 5.32 Å². The summed E-state index contributed by atoms with van der Waals surface area (Å²) >= 11 is 5.73. The minimum Gasteiger partial charge on any atom is -0.493 e. The van der Waals surface area contributed by atoms with Crippen molar-refractivity contribution in [2.24, 2.45) is 0 Å². The summed E-state index contributed by atoms with van der Waals surface area (Å²) in [6.07, 6.45) is 0.784. The normalized spacial score (nSPS) is 20.5. The molecule has 4 heteroatoms. The van der Waals surface area contributed by atoms with Gasteiger partial charge in [-0.15, -0.1) is 11.6 Å². The first-order valence-corrected chi connectivity index (χ1v) is 5.78. The van der Waals surface area contributed by atoms with Crippen LogP contribution in [0.5, 0.6) is 5.75 Å². The Morgan fingerprint density at radius 1 is 1.56 bits per heavy atom. The highest BCUT2D eigenvalue weighted by Crippen LogP contribution is 2.31. The fourth-order valence-corrected chi connectivity index (χ4v) is 1.84. The molecule has 0 fully saturated rings. The van der Waals surface area contributed by atoms with Crippen molar-refractivity contribution in [3.8, 4) is 5.75 Å². The maximum absolute atomic E-state index is 11.5. The first-order valence-electron chi connectivity index (χ1n) is 5.34. The number of hydrogen-bond acceptors (Lipinski definition) is 2. The standard InChI is InChI=1S/C12H14ClNO2/c1-8(13)12(15)14-10-6-7-16-11-5-3-2-4-9(10)11/h2-5,8,10H,6-7H2,1H3,(H,14,15)/t8-,10-/m0/s1. The summed E-state index contributed by atoms with van der Waals surface area (Å²) in [4.78, 5) is 11.5. The highest BCUT2D eigenvalue weighted by molar-refractivity contribution is 6.30. The van der Waals surface area contributed by atoms with Crippen LogP contribution in [0.3, 0.4) is 0 Å². The van der Waals surface area contributed by atoms with Crippen molar-refractivity contribution in [3.63, 3.8) is 0 Å². The van der Waals surface area contributed by atoms with E-state index in [1.54, 1.807) is 6.92 Å². The number of para-hydroxylation sites is 1. The van der Waals surface area contributed by atoms with Gasteiger partial charge in [0.05, 0.1) is 12.6 Å². The van der Waals surface area contributed by atoms with E-state index >= 15 is 0 Å². The predicted molar refractivity (Wildman–Crippen MR) is 62.8 cm³/mol. The molecule has 3 nitrogen and oxygen atoms in total. The number of carbonyl (C=O) groups excluding carboxylic acids is 1. The van der Waals surface area contributed by atoms with Gasteiger partial charge in [-0.1, -0.05) is 18.2 Å². The third-order valence-electron chi connectivity index (χ3n) is 2.64. The van der Waals surface area contributed by atoms with Crippen molar-refractivity contribution in [1.29, 1.82) is 0 Å². The highest BCUT2D eigenvalue weighted by atomic mass is 35.5. The van der Waals surface area contributed by atoms with E-state index in [-0.39, 0.29) is 11.9 Å². The van der Waals surface area contributed by atoms with Crippen LogP contribution < -0.4 is 10.1 Å². The summed E-state index contributed by atoms with van der Waals surface area (Å²) in [6, 6.07) is 7.76. The van der Waals surface area contributed by atoms with E-state index in [1.807, 2.05) is 24.3 Å². The molecule has 1 N–H and O–H groups in total. The predicted octanol–water partition coefficient (Wildman–Crippen LogP) is 2.25. The first kappa shape index (κ1) is 11.3. The second-order valence-electron chi connectivity index (χ2n) is 3.85. The van der Waals surface area contributed by atoms with Crippen LogP contribution in [0.1, 0.15) is 24.9 Å². The zero-order valence-corrected chi connectivity index (χ0v) is 9.83. The van der Waals surface area contributed by atoms with Gasteiger partial charge in [-0.25, -0.2) is 0 Å². The van der Waals surface area contributed by atoms with Crippen LogP contribution in [-0.2, 0) is 4.79 Å². The molecule has 16 heavy (non-hydrogen) atoms. The van der Waals surface area contributed by atoms with E-state index in [1.165, 1.54) is 0 Å². The number of nitrogens with one attached hydrogen (secondary N) is 1. The molecule has 0 saturated heterocycles. The molecule has 86 valence electrons. The summed E-state index contributed by atoms with van der Waals surface area (Å²) in [6.45, 7) is 2.29. The Balaban J connectivity index is 2.16. The van der Waals surface area contributed by atoms with E-state index in [9.17, 15) is 4.79 Å². The molecule has 1 aromatic carbocycles. The summed E-state index contributed by atoms with van der Waals surface area (Å²) in [5.74, 6) is 0.713. The van der Waals surface area contributed by atoms with Gasteiger partial charge in [0.15, 0.2) is 0 Å². The largest absolute Gasteiger partial charge is 0.493 e. The number of hydrogen-bond donors (Lipinski definition) is 1. The Labute approximate surface area is 99.7 Å². The molecule has 0 unspecified atom stereocenters. The molecule has 1 aromatic rings. The summed E-state index contributed by atoms with van der Waals surface area (Å²) < 4.78 is 5.51. The summed E-state index contributed by atoms with van der Waals surface area (Å²) in [7, 11) is 0. The van der Waals surface area contributed by atoms with Crippen molar-refractivity contribution in [1.82, 2.24) is 5.32 Å². The minimum absolute atomic E-state index is 0.0126. The SMILES string of the molecule is C[C@H](Cl)C(=O)N[C@H]1CCOc2ccccc21. The van der Waals surface area contributed by atoms with Crippen LogP contribution in [0.15, 0.2) is 24.3 Å². The number of ether oxygens (including phenoxy) is 1. The van der Waals surface area contributed by atoms with Crippen LogP contribution in [0, 0.1) is 0 Å². The van der Waals surface area contributed by atoms with Crippen LogP contribution in [0.4, 0.5) is 0 Å². The smallest absolute Gasteiger partial charge is 0.238 e. The molecule has 1 heterocycles. The molecule has 2 rings (SSSR count). The molecule has 0 radical (unpaired) electrons. The number of carbonyl (C=O) groups is 1. The maximum atomic E-state index is 11.5. The molecule has 0 spiro atoms. The van der Waals surface area contributed by atoms with Gasteiger partial charge in [-0.3, -0.25) is 4.79 Å². The van der Waals surface area contributed by atoms with E-state index in [4.69, 9.17) is 16.3 Å². The zero-order chi connectivity index (χ0) is 11.5. The molecule has 0 aromatic heterocycles. The Kier molecular flexibility index (Phi) is 3.34. The third kappa shape index (κ3) is 2.30. The quantitative estimate of drug-likeness (QED) is 0.804. The molecular formula is C12H14ClNO2. The number of rotatable bonds is 2. The van der Waals surface area contributed by atoms with Gasteiger partial charge < -0.3 is 10.1 Å². The van der Waals surface area contributed by atoms with Gasteiger partial charge in [0.25, 0.3) is 0 Å². The molecule has 1 aliphatic rings. The number of benzene rings is 1. The fraction of sp³-hybridized carbons (Fsp3) is 0.417. The molecule has 0 saturated carbocycles. The van der Waals surface area contributed by atoms with E-state index in [0.29, 0.717) is 6.61 Å². The lowest BCUT2D eigenvalue weighted by molar-refractivity contribution is -0.121. The van der Waals surface area contributed by atoms with Crippen molar-refractivity contribution in [2.75, 3.05) is 6.61 Å². The number of halogens is 1. The highest BCUT2D eigenvalue weighted by Gasteiger charge is 2.23. The van der Waals surface area contributed by atoms with Gasteiger partial charge in [-0.05, 0) is 13.0 Å². The Hall–Kier alpha value is -1.22. The topological polar surface area (TPSA) is 38.3 Å². The van der Waals surface area contributed by atoms with Crippen LogP contribution >= 0.6 is 11.6 Å². The Bertz CT molecular complexity index is 392. The van der Waals surface area contributed by atoms with Gasteiger partial charge in [0, 0.05) is 12.0 Å². The van der Waals surface area contributed by atoms with Crippen LogP contribution in [-0.4, -0.2) is 17.9 Å². The van der Waals surface area contributed by atoms with Gasteiger partial charge in [0.1, 0.15) is 11.1 Å². The lowest BCUT2D eigenvalue weighted by Crippen LogP contribution is -2.35. The number of fused-ring (bicyclic) bond motifs is 1. The van der Waals surface area contributed by atoms with Gasteiger partial charge >= 0.3 is 0 Å². The van der Waals surface area contributed by atoms with Crippen LogP contribution in [0.2, 0.25) is 0 Å². The average Bonchev–Trinajstić information content (AvgIpc) is 2.29. The molecular weight excluding hydrogens is 226 g/mol. The number of alkyl halides is 1. The Morgan fingerprint density at radius 3 is 3.06 bits per heavy atom.